The van der Waals surface area contributed by atoms with Gasteiger partial charge in [0.15, 0.2) is 3.79 Å². The van der Waals surface area contributed by atoms with Crippen LogP contribution in [0, 0.1) is 17.3 Å². The maximum atomic E-state index is 12.7. The van der Waals surface area contributed by atoms with Crippen molar-refractivity contribution in [3.05, 3.63) is 0 Å². The molecule has 0 N–H and O–H groups in total. The Hall–Kier alpha value is 0.540. The van der Waals surface area contributed by atoms with Crippen molar-refractivity contribution in [2.45, 2.75) is 141 Å². The molecule has 4 heteroatoms. The molecule has 1 atom stereocenters. The van der Waals surface area contributed by atoms with E-state index in [1.54, 1.807) is 0 Å². The molecule has 0 aromatic rings. The van der Waals surface area contributed by atoms with Gasteiger partial charge in [-0.25, -0.2) is 0 Å². The second-order valence-electron chi connectivity index (χ2n) is 9.79. The second kappa shape index (κ2) is 17.1. The topological polar surface area (TPSA) is 17.1 Å². The van der Waals surface area contributed by atoms with Crippen LogP contribution in [0.3, 0.4) is 0 Å². The van der Waals surface area contributed by atoms with Gasteiger partial charge < -0.3 is 0 Å². The highest BCUT2D eigenvalue weighted by Crippen LogP contribution is 2.41. The van der Waals surface area contributed by atoms with Crippen LogP contribution in [-0.4, -0.2) is 9.58 Å². The fourth-order valence-corrected chi connectivity index (χ4v) is 5.40. The molecule has 0 saturated carbocycles. The number of halogens is 3. The molecule has 0 aliphatic heterocycles. The molecular formula is C26H49Cl3O. The van der Waals surface area contributed by atoms with E-state index in [1.165, 1.54) is 70.6 Å². The molecule has 0 bridgehead atoms. The Morgan fingerprint density at radius 1 is 0.700 bits per heavy atom. The summed E-state index contributed by atoms with van der Waals surface area (Å²) in [4.78, 5) is 12.7. The molecule has 0 heterocycles. The van der Waals surface area contributed by atoms with Crippen LogP contribution in [0.25, 0.3) is 0 Å². The highest BCUT2D eigenvalue weighted by atomic mass is 35.6. The third kappa shape index (κ3) is 13.8. The fraction of sp³-hybridized carbons (Fsp3) is 0.962. The third-order valence-electron chi connectivity index (χ3n) is 7.03. The highest BCUT2D eigenvalue weighted by Gasteiger charge is 2.38. The Kier molecular flexibility index (Phi) is 17.4. The molecule has 0 radical (unpaired) electrons. The van der Waals surface area contributed by atoms with E-state index in [4.69, 9.17) is 34.8 Å². The predicted molar refractivity (Wildman–Crippen MR) is 137 cm³/mol. The van der Waals surface area contributed by atoms with Crippen molar-refractivity contribution in [3.63, 3.8) is 0 Å². The molecule has 0 rings (SSSR count). The minimum Gasteiger partial charge on any atom is -0.299 e. The zero-order valence-electron chi connectivity index (χ0n) is 20.5. The first-order valence-corrected chi connectivity index (χ1v) is 13.8. The SMILES string of the molecule is CCCC(CCC)CCC(CCCCCCCCCCC(Cl)(Cl)Cl)(C(C)=O)C(C)C. The molecule has 0 aromatic carbocycles. The summed E-state index contributed by atoms with van der Waals surface area (Å²) >= 11 is 17.4. The molecular weight excluding hydrogens is 435 g/mol. The van der Waals surface area contributed by atoms with E-state index in [0.29, 0.717) is 18.1 Å². The van der Waals surface area contributed by atoms with Crippen molar-refractivity contribution in [3.8, 4) is 0 Å². The van der Waals surface area contributed by atoms with Crippen LogP contribution in [0.5, 0.6) is 0 Å². The molecule has 0 amide bonds. The molecule has 1 nitrogen and oxygen atoms in total. The molecule has 180 valence electrons. The Labute approximate surface area is 203 Å². The Morgan fingerprint density at radius 3 is 1.50 bits per heavy atom. The van der Waals surface area contributed by atoms with Crippen LogP contribution < -0.4 is 0 Å². The molecule has 1 unspecified atom stereocenters. The lowest BCUT2D eigenvalue weighted by Gasteiger charge is -2.37. The Balaban J connectivity index is 4.30. The Morgan fingerprint density at radius 2 is 1.13 bits per heavy atom. The quantitative estimate of drug-likeness (QED) is 0.132. The molecule has 0 fully saturated rings. The summed E-state index contributed by atoms with van der Waals surface area (Å²) in [5.74, 6) is 1.63. The smallest absolute Gasteiger partial charge is 0.190 e. The summed E-state index contributed by atoms with van der Waals surface area (Å²) < 4.78 is -1.09. The van der Waals surface area contributed by atoms with E-state index in [2.05, 4.69) is 27.7 Å². The van der Waals surface area contributed by atoms with Gasteiger partial charge in [-0.1, -0.05) is 133 Å². The molecule has 0 aromatic heterocycles. The van der Waals surface area contributed by atoms with Crippen molar-refractivity contribution in [2.24, 2.45) is 17.3 Å². The summed E-state index contributed by atoms with van der Waals surface area (Å²) in [7, 11) is 0. The van der Waals surface area contributed by atoms with Gasteiger partial charge in [-0.15, -0.1) is 0 Å². The minimum atomic E-state index is -1.09. The van der Waals surface area contributed by atoms with Crippen LogP contribution in [0.1, 0.15) is 137 Å². The number of ketones is 1. The fourth-order valence-electron chi connectivity index (χ4n) is 5.00. The average Bonchev–Trinajstić information content (AvgIpc) is 2.64. The zero-order chi connectivity index (χ0) is 23.0. The first-order valence-electron chi connectivity index (χ1n) is 12.7. The first-order chi connectivity index (χ1) is 14.1. The lowest BCUT2D eigenvalue weighted by Crippen LogP contribution is -2.35. The van der Waals surface area contributed by atoms with Crippen molar-refractivity contribution in [1.82, 2.24) is 0 Å². The number of Topliss-reactive ketones (excluding diaryl/α,β-unsaturated/α-hetero) is 1. The van der Waals surface area contributed by atoms with Crippen LogP contribution in [0.4, 0.5) is 0 Å². The van der Waals surface area contributed by atoms with Gasteiger partial charge in [0.2, 0.25) is 0 Å². The summed E-state index contributed by atoms with van der Waals surface area (Å²) in [5.41, 5.74) is -0.114. The van der Waals surface area contributed by atoms with Crippen molar-refractivity contribution in [2.75, 3.05) is 0 Å². The summed E-state index contributed by atoms with van der Waals surface area (Å²) in [6.45, 7) is 10.9. The number of alkyl halides is 3. The maximum absolute atomic E-state index is 12.7. The van der Waals surface area contributed by atoms with Crippen LogP contribution in [0.2, 0.25) is 0 Å². The van der Waals surface area contributed by atoms with E-state index < -0.39 is 3.79 Å². The monoisotopic (exact) mass is 482 g/mol. The Bertz CT molecular complexity index is 424. The van der Waals surface area contributed by atoms with Crippen LogP contribution in [0.15, 0.2) is 0 Å². The zero-order valence-corrected chi connectivity index (χ0v) is 22.8. The van der Waals surface area contributed by atoms with Gasteiger partial charge in [-0.05, 0) is 50.9 Å². The highest BCUT2D eigenvalue weighted by molar-refractivity contribution is 6.67. The van der Waals surface area contributed by atoms with Crippen LogP contribution in [-0.2, 0) is 4.79 Å². The van der Waals surface area contributed by atoms with E-state index in [1.807, 2.05) is 6.92 Å². The number of hydrogen-bond acceptors (Lipinski definition) is 1. The lowest BCUT2D eigenvalue weighted by atomic mass is 9.66. The van der Waals surface area contributed by atoms with Crippen molar-refractivity contribution >= 4 is 40.6 Å². The van der Waals surface area contributed by atoms with Gasteiger partial charge in [0.1, 0.15) is 5.78 Å². The summed E-state index contributed by atoms with van der Waals surface area (Å²) in [6.07, 6.45) is 18.7. The van der Waals surface area contributed by atoms with E-state index in [9.17, 15) is 4.79 Å². The third-order valence-corrected chi connectivity index (χ3v) is 7.60. The molecule has 0 aliphatic rings. The predicted octanol–water partition coefficient (Wildman–Crippen LogP) is 10.5. The maximum Gasteiger partial charge on any atom is 0.190 e. The summed E-state index contributed by atoms with van der Waals surface area (Å²) in [5, 5.41) is 0. The number of rotatable bonds is 19. The largest absolute Gasteiger partial charge is 0.299 e. The van der Waals surface area contributed by atoms with E-state index in [-0.39, 0.29) is 5.41 Å². The number of unbranched alkanes of at least 4 members (excludes halogenated alkanes) is 7. The molecule has 0 aliphatic carbocycles. The molecule has 0 saturated heterocycles. The number of carbonyl (C=O) groups excluding carboxylic acids is 1. The van der Waals surface area contributed by atoms with Gasteiger partial charge >= 0.3 is 0 Å². The van der Waals surface area contributed by atoms with Gasteiger partial charge in [-0.2, -0.15) is 0 Å². The van der Waals surface area contributed by atoms with Gasteiger partial charge in [0.25, 0.3) is 0 Å². The van der Waals surface area contributed by atoms with Gasteiger partial charge in [-0.3, -0.25) is 4.79 Å². The van der Waals surface area contributed by atoms with Crippen molar-refractivity contribution in [1.29, 1.82) is 0 Å². The summed E-state index contributed by atoms with van der Waals surface area (Å²) in [6, 6.07) is 0. The second-order valence-corrected chi connectivity index (χ2v) is 12.3. The van der Waals surface area contributed by atoms with E-state index >= 15 is 0 Å². The number of carbonyl (C=O) groups is 1. The normalized spacial score (nSPS) is 14.5. The average molecular weight is 484 g/mol. The van der Waals surface area contributed by atoms with Gasteiger partial charge in [0.05, 0.1) is 0 Å². The molecule has 0 spiro atoms. The lowest BCUT2D eigenvalue weighted by molar-refractivity contribution is -0.130. The minimum absolute atomic E-state index is 0.114. The van der Waals surface area contributed by atoms with Gasteiger partial charge in [0, 0.05) is 5.41 Å². The first kappa shape index (κ1) is 30.5. The molecule has 30 heavy (non-hydrogen) atoms. The van der Waals surface area contributed by atoms with Crippen LogP contribution >= 0.6 is 34.8 Å². The van der Waals surface area contributed by atoms with Crippen molar-refractivity contribution < 1.29 is 4.79 Å². The number of hydrogen-bond donors (Lipinski definition) is 0. The standard InChI is InChI=1S/C26H49Cl3O/c1-6-16-24(17-7-2)18-21-25(22(3)4,23(5)30)19-14-12-10-8-9-11-13-15-20-26(27,28)29/h22,24H,6-21H2,1-5H3. The van der Waals surface area contributed by atoms with E-state index in [0.717, 1.165) is 31.6 Å².